The predicted molar refractivity (Wildman–Crippen MR) is 114 cm³/mol. The number of thioether (sulfide) groups is 1. The molecule has 154 valence electrons. The highest BCUT2D eigenvalue weighted by atomic mass is 35.5. The Morgan fingerprint density at radius 1 is 1.30 bits per heavy atom. The second kappa shape index (κ2) is 10.7. The lowest BCUT2D eigenvalue weighted by molar-refractivity contribution is -0.134. The summed E-state index contributed by atoms with van der Waals surface area (Å²) in [5.74, 6) is 0.158. The quantitative estimate of drug-likeness (QED) is 0.664. The monoisotopic (exact) mass is 434 g/mol. The summed E-state index contributed by atoms with van der Waals surface area (Å²) in [4.78, 5) is 15.9. The lowest BCUT2D eigenvalue weighted by Gasteiger charge is -2.39. The Hall–Kier alpha value is -0.760. The van der Waals surface area contributed by atoms with Gasteiger partial charge in [-0.3, -0.25) is 4.79 Å². The molecule has 3 atom stereocenters. The highest BCUT2D eigenvalue weighted by molar-refractivity contribution is 8.01. The summed E-state index contributed by atoms with van der Waals surface area (Å²) < 4.78 is 25.0. The minimum Gasteiger partial charge on any atom is -0.337 e. The first-order valence-electron chi connectivity index (χ1n) is 9.32. The van der Waals surface area contributed by atoms with Crippen molar-refractivity contribution >= 4 is 39.9 Å². The number of rotatable bonds is 7. The van der Waals surface area contributed by atoms with E-state index in [0.717, 1.165) is 25.8 Å². The molecule has 0 radical (unpaired) electrons. The van der Waals surface area contributed by atoms with Crippen LogP contribution >= 0.6 is 24.2 Å². The van der Waals surface area contributed by atoms with Gasteiger partial charge in [0.2, 0.25) is 5.91 Å². The molecule has 1 aliphatic rings. The predicted octanol–water partition coefficient (Wildman–Crippen LogP) is 3.50. The number of hydrogen-bond donors (Lipinski definition) is 1. The average molecular weight is 435 g/mol. The number of nitrogens with zero attached hydrogens (tertiary/aromatic N) is 1. The van der Waals surface area contributed by atoms with Crippen LogP contribution in [0.5, 0.6) is 0 Å². The first kappa shape index (κ1) is 24.3. The summed E-state index contributed by atoms with van der Waals surface area (Å²) in [5, 5.41) is -0.354. The van der Waals surface area contributed by atoms with Crippen molar-refractivity contribution in [2.45, 2.75) is 73.6 Å². The molecule has 0 spiro atoms. The van der Waals surface area contributed by atoms with Crippen LogP contribution in [0.3, 0.4) is 0 Å². The van der Waals surface area contributed by atoms with E-state index in [9.17, 15) is 13.2 Å². The topological polar surface area (TPSA) is 80.5 Å². The van der Waals surface area contributed by atoms with Crippen molar-refractivity contribution < 1.29 is 13.2 Å². The number of piperidine rings is 1. The number of likely N-dealkylation sites (tertiary alicyclic amines) is 1. The van der Waals surface area contributed by atoms with Crippen LogP contribution < -0.4 is 5.73 Å². The number of benzene rings is 1. The lowest BCUT2D eigenvalue weighted by Crippen LogP contribution is -2.53. The molecule has 27 heavy (non-hydrogen) atoms. The number of nitrogens with two attached hydrogens (primary N) is 1. The van der Waals surface area contributed by atoms with Gasteiger partial charge in [-0.15, -0.1) is 24.2 Å². The second-order valence-electron chi connectivity index (χ2n) is 6.98. The summed E-state index contributed by atoms with van der Waals surface area (Å²) >= 11 is 1.33. The number of sulfone groups is 1. The van der Waals surface area contributed by atoms with Crippen molar-refractivity contribution in [1.82, 2.24) is 4.90 Å². The first-order chi connectivity index (χ1) is 12.3. The Kier molecular flexibility index (Phi) is 9.62. The van der Waals surface area contributed by atoms with Gasteiger partial charge in [-0.05, 0) is 51.7 Å². The van der Waals surface area contributed by atoms with E-state index in [1.54, 1.807) is 18.2 Å². The summed E-state index contributed by atoms with van der Waals surface area (Å²) in [5.41, 5.74) is 6.08. The van der Waals surface area contributed by atoms with Crippen molar-refractivity contribution in [2.75, 3.05) is 12.3 Å². The molecule has 1 aromatic carbocycles. The maximum Gasteiger partial charge on any atom is 0.236 e. The molecule has 1 aliphatic heterocycles. The fourth-order valence-electron chi connectivity index (χ4n) is 3.44. The van der Waals surface area contributed by atoms with Crippen LogP contribution in [-0.4, -0.2) is 48.9 Å². The third kappa shape index (κ3) is 6.11. The summed E-state index contributed by atoms with van der Waals surface area (Å²) in [6.07, 6.45) is 3.59. The van der Waals surface area contributed by atoms with Crippen LogP contribution in [0.2, 0.25) is 0 Å². The van der Waals surface area contributed by atoms with Crippen LogP contribution in [-0.2, 0) is 14.6 Å². The van der Waals surface area contributed by atoms with Gasteiger partial charge < -0.3 is 10.6 Å². The van der Waals surface area contributed by atoms with Crippen molar-refractivity contribution in [3.8, 4) is 0 Å². The minimum atomic E-state index is -3.33. The van der Waals surface area contributed by atoms with Crippen LogP contribution in [0.25, 0.3) is 0 Å². The number of halogens is 1. The van der Waals surface area contributed by atoms with E-state index >= 15 is 0 Å². The van der Waals surface area contributed by atoms with Gasteiger partial charge in [0.1, 0.15) is 0 Å². The molecule has 1 saturated heterocycles. The summed E-state index contributed by atoms with van der Waals surface area (Å²) in [7, 11) is -3.33. The van der Waals surface area contributed by atoms with Crippen LogP contribution in [0, 0.1) is 0 Å². The van der Waals surface area contributed by atoms with Gasteiger partial charge in [0.25, 0.3) is 0 Å². The fraction of sp³-hybridized carbons (Fsp3) is 0.632. The molecule has 2 rings (SSSR count). The van der Waals surface area contributed by atoms with E-state index in [2.05, 4.69) is 0 Å². The molecule has 2 N–H and O–H groups in total. The summed E-state index contributed by atoms with van der Waals surface area (Å²) in [6, 6.07) is 6.98. The van der Waals surface area contributed by atoms with E-state index in [1.165, 1.54) is 11.8 Å². The highest BCUT2D eigenvalue weighted by Crippen LogP contribution is 2.32. The first-order valence-corrected chi connectivity index (χ1v) is 11.9. The molecule has 1 fully saturated rings. The van der Waals surface area contributed by atoms with Gasteiger partial charge in [-0.2, -0.15) is 0 Å². The molecule has 1 heterocycles. The average Bonchev–Trinajstić information content (AvgIpc) is 2.61. The van der Waals surface area contributed by atoms with Crippen molar-refractivity contribution in [1.29, 1.82) is 0 Å². The molecule has 1 aromatic rings. The van der Waals surface area contributed by atoms with Crippen LogP contribution in [0.1, 0.15) is 46.5 Å². The lowest BCUT2D eigenvalue weighted by atomic mass is 9.96. The molecule has 5 nitrogen and oxygen atoms in total. The third-order valence-electron chi connectivity index (χ3n) is 4.75. The van der Waals surface area contributed by atoms with Gasteiger partial charge in [0, 0.05) is 23.5 Å². The van der Waals surface area contributed by atoms with E-state index in [0.29, 0.717) is 16.2 Å². The normalized spacial score (nSPS) is 19.9. The van der Waals surface area contributed by atoms with Crippen molar-refractivity contribution in [3.05, 3.63) is 24.3 Å². The van der Waals surface area contributed by atoms with Crippen molar-refractivity contribution in [2.24, 2.45) is 5.73 Å². The smallest absolute Gasteiger partial charge is 0.236 e. The molecule has 0 bridgehead atoms. The van der Waals surface area contributed by atoms with Gasteiger partial charge in [0.15, 0.2) is 9.84 Å². The largest absolute Gasteiger partial charge is 0.337 e. The van der Waals surface area contributed by atoms with Gasteiger partial charge in [-0.25, -0.2) is 8.42 Å². The molecule has 0 aromatic heterocycles. The summed E-state index contributed by atoms with van der Waals surface area (Å²) in [6.45, 7) is 6.37. The maximum absolute atomic E-state index is 13.0. The Balaban J connectivity index is 0.00000364. The highest BCUT2D eigenvalue weighted by Gasteiger charge is 2.32. The Bertz CT molecular complexity index is 725. The molecule has 1 amide bonds. The van der Waals surface area contributed by atoms with Crippen LogP contribution in [0.4, 0.5) is 0 Å². The van der Waals surface area contributed by atoms with E-state index in [1.807, 2.05) is 31.7 Å². The molecule has 0 aliphatic carbocycles. The van der Waals surface area contributed by atoms with E-state index < -0.39 is 9.84 Å². The van der Waals surface area contributed by atoms with Gasteiger partial charge in [-0.1, -0.05) is 19.1 Å². The third-order valence-corrected chi connectivity index (χ3v) is 8.01. The number of carbonyl (C=O) groups is 1. The zero-order valence-electron chi connectivity index (χ0n) is 16.3. The zero-order chi connectivity index (χ0) is 19.3. The molecular formula is C19H31ClN2O3S2. The molecule has 8 heteroatoms. The molecule has 3 unspecified atom stereocenters. The number of hydrogen-bond acceptors (Lipinski definition) is 5. The number of amides is 1. The SMILES string of the molecule is CCCS(=O)(=O)c1ccccc1SC(C)C(=O)N1CCCCC1C(C)N.Cl. The minimum absolute atomic E-state index is 0. The van der Waals surface area contributed by atoms with Gasteiger partial charge in [0.05, 0.1) is 15.9 Å². The molecular weight excluding hydrogens is 404 g/mol. The Morgan fingerprint density at radius 2 is 1.96 bits per heavy atom. The van der Waals surface area contributed by atoms with Gasteiger partial charge >= 0.3 is 0 Å². The number of carbonyl (C=O) groups excluding carboxylic acids is 1. The zero-order valence-corrected chi connectivity index (χ0v) is 18.7. The van der Waals surface area contributed by atoms with E-state index in [4.69, 9.17) is 5.73 Å². The second-order valence-corrected chi connectivity index (χ2v) is 10.4. The maximum atomic E-state index is 13.0. The molecule has 0 saturated carbocycles. The van der Waals surface area contributed by atoms with E-state index in [-0.39, 0.29) is 41.4 Å². The Labute approximate surface area is 173 Å². The van der Waals surface area contributed by atoms with Crippen LogP contribution in [0.15, 0.2) is 34.1 Å². The fourth-order valence-corrected chi connectivity index (χ4v) is 6.34. The standard InChI is InChI=1S/C19H30N2O3S2.ClH/c1-4-13-26(23,24)18-11-6-5-10-17(18)25-15(3)19(22)21-12-8-7-9-16(21)14(2)20;/h5-6,10-11,14-16H,4,7-9,12-13,20H2,1-3H3;1H. The van der Waals surface area contributed by atoms with Crippen molar-refractivity contribution in [3.63, 3.8) is 0 Å². The Morgan fingerprint density at radius 3 is 2.59 bits per heavy atom.